The van der Waals surface area contributed by atoms with Crippen LogP contribution in [0.2, 0.25) is 0 Å². The summed E-state index contributed by atoms with van der Waals surface area (Å²) in [6.45, 7) is 1.94. The van der Waals surface area contributed by atoms with Gasteiger partial charge in [0.25, 0.3) is 0 Å². The molecule has 0 bridgehead atoms. The highest BCUT2D eigenvalue weighted by molar-refractivity contribution is 5.95. The molecular weight excluding hydrogens is 249 g/mol. The maximum atomic E-state index is 13.0. The molecule has 102 valence electrons. The van der Waals surface area contributed by atoms with Gasteiger partial charge < -0.3 is 10.4 Å². The third-order valence-corrected chi connectivity index (χ3v) is 3.54. The van der Waals surface area contributed by atoms with Gasteiger partial charge in [-0.2, -0.15) is 0 Å². The Morgan fingerprint density at radius 2 is 2.00 bits per heavy atom. The number of nitrogens with one attached hydrogen (secondary N) is 1. The van der Waals surface area contributed by atoms with Crippen molar-refractivity contribution in [2.45, 2.75) is 19.8 Å². The van der Waals surface area contributed by atoms with Gasteiger partial charge in [0, 0.05) is 5.69 Å². The lowest BCUT2D eigenvalue weighted by Crippen LogP contribution is -2.30. The molecule has 1 saturated carbocycles. The molecule has 0 saturated heterocycles. The molecule has 1 aromatic carbocycles. The minimum absolute atomic E-state index is 0.212. The summed E-state index contributed by atoms with van der Waals surface area (Å²) in [6, 6.07) is 5.57. The first-order chi connectivity index (χ1) is 8.97. The second kappa shape index (κ2) is 5.38. The molecule has 2 rings (SSSR count). The summed E-state index contributed by atoms with van der Waals surface area (Å²) in [5.41, 5.74) is 0.355. The molecule has 0 heterocycles. The predicted octanol–water partition coefficient (Wildman–Crippen LogP) is 2.51. The van der Waals surface area contributed by atoms with Crippen LogP contribution < -0.4 is 5.32 Å². The first kappa shape index (κ1) is 13.5. The second-order valence-electron chi connectivity index (χ2n) is 5.13. The fourth-order valence-electron chi connectivity index (χ4n) is 2.66. The van der Waals surface area contributed by atoms with Gasteiger partial charge in [-0.25, -0.2) is 4.39 Å². The van der Waals surface area contributed by atoms with Crippen molar-refractivity contribution >= 4 is 17.6 Å². The van der Waals surface area contributed by atoms with Gasteiger partial charge in [-0.1, -0.05) is 13.0 Å². The van der Waals surface area contributed by atoms with Crippen LogP contribution >= 0.6 is 0 Å². The van der Waals surface area contributed by atoms with Gasteiger partial charge >= 0.3 is 5.97 Å². The van der Waals surface area contributed by atoms with Gasteiger partial charge in [0.1, 0.15) is 5.82 Å². The molecule has 1 aliphatic carbocycles. The van der Waals surface area contributed by atoms with Crippen LogP contribution in [0.1, 0.15) is 19.8 Å². The molecule has 1 aliphatic rings. The second-order valence-corrected chi connectivity index (χ2v) is 5.13. The van der Waals surface area contributed by atoms with Crippen molar-refractivity contribution in [3.05, 3.63) is 30.1 Å². The Hall–Kier alpha value is -1.91. The molecule has 19 heavy (non-hydrogen) atoms. The molecule has 5 heteroatoms. The van der Waals surface area contributed by atoms with Crippen molar-refractivity contribution in [3.63, 3.8) is 0 Å². The van der Waals surface area contributed by atoms with E-state index in [2.05, 4.69) is 5.32 Å². The van der Waals surface area contributed by atoms with Crippen LogP contribution in [0.15, 0.2) is 24.3 Å². The molecule has 0 radical (unpaired) electrons. The number of carboxylic acid groups (broad SMARTS) is 1. The number of carbonyl (C=O) groups excluding carboxylic acids is 1. The molecule has 4 nitrogen and oxygen atoms in total. The fourth-order valence-corrected chi connectivity index (χ4v) is 2.66. The minimum atomic E-state index is -0.941. The minimum Gasteiger partial charge on any atom is -0.481 e. The van der Waals surface area contributed by atoms with E-state index in [4.69, 9.17) is 5.11 Å². The zero-order valence-corrected chi connectivity index (χ0v) is 10.6. The maximum Gasteiger partial charge on any atom is 0.307 e. The van der Waals surface area contributed by atoms with E-state index in [-0.39, 0.29) is 11.8 Å². The highest BCUT2D eigenvalue weighted by atomic mass is 19.1. The quantitative estimate of drug-likeness (QED) is 0.882. The molecule has 0 spiro atoms. The number of benzene rings is 1. The van der Waals surface area contributed by atoms with Crippen molar-refractivity contribution < 1.29 is 19.1 Å². The Morgan fingerprint density at radius 1 is 1.32 bits per heavy atom. The van der Waals surface area contributed by atoms with Crippen LogP contribution in [0, 0.1) is 23.6 Å². The summed E-state index contributed by atoms with van der Waals surface area (Å²) >= 11 is 0. The van der Waals surface area contributed by atoms with E-state index < -0.39 is 23.6 Å². The van der Waals surface area contributed by atoms with E-state index in [1.807, 2.05) is 6.92 Å². The molecular formula is C14H16FNO3. The molecule has 3 atom stereocenters. The van der Waals surface area contributed by atoms with Crippen molar-refractivity contribution in [2.75, 3.05) is 5.32 Å². The summed E-state index contributed by atoms with van der Waals surface area (Å²) < 4.78 is 13.0. The summed E-state index contributed by atoms with van der Waals surface area (Å²) in [6.07, 6.45) is 1.06. The number of hydrogen-bond acceptors (Lipinski definition) is 2. The van der Waals surface area contributed by atoms with Crippen molar-refractivity contribution in [1.82, 2.24) is 0 Å². The summed E-state index contributed by atoms with van der Waals surface area (Å²) in [5.74, 6) is -2.71. The Balaban J connectivity index is 2.09. The summed E-state index contributed by atoms with van der Waals surface area (Å²) in [5, 5.41) is 11.7. The van der Waals surface area contributed by atoms with Crippen LogP contribution in [0.4, 0.5) is 10.1 Å². The summed E-state index contributed by atoms with van der Waals surface area (Å²) in [4.78, 5) is 23.2. The average Bonchev–Trinajstić information content (AvgIpc) is 2.71. The molecule has 0 aromatic heterocycles. The highest BCUT2D eigenvalue weighted by Gasteiger charge is 2.41. The van der Waals surface area contributed by atoms with Gasteiger partial charge in [0.15, 0.2) is 0 Å². The lowest BCUT2D eigenvalue weighted by atomic mass is 9.95. The van der Waals surface area contributed by atoms with Gasteiger partial charge in [0.05, 0.1) is 11.8 Å². The monoisotopic (exact) mass is 265 g/mol. The number of halogens is 1. The van der Waals surface area contributed by atoms with Gasteiger partial charge in [-0.05, 0) is 37.0 Å². The van der Waals surface area contributed by atoms with Crippen LogP contribution in [0.5, 0.6) is 0 Å². The smallest absolute Gasteiger partial charge is 0.307 e. The van der Waals surface area contributed by atoms with Crippen molar-refractivity contribution in [3.8, 4) is 0 Å². The lowest BCUT2D eigenvalue weighted by molar-refractivity contribution is -0.145. The van der Waals surface area contributed by atoms with E-state index in [0.717, 1.165) is 0 Å². The van der Waals surface area contributed by atoms with Crippen LogP contribution in [-0.4, -0.2) is 17.0 Å². The number of carbonyl (C=O) groups is 2. The largest absolute Gasteiger partial charge is 0.481 e. The van der Waals surface area contributed by atoms with E-state index in [9.17, 15) is 14.0 Å². The maximum absolute atomic E-state index is 13.0. The highest BCUT2D eigenvalue weighted by Crippen LogP contribution is 2.37. The Morgan fingerprint density at radius 3 is 2.63 bits per heavy atom. The molecule has 3 unspecified atom stereocenters. The van der Waals surface area contributed by atoms with Gasteiger partial charge in [-0.3, -0.25) is 9.59 Å². The van der Waals surface area contributed by atoms with E-state index in [1.54, 1.807) is 6.07 Å². The molecule has 1 fully saturated rings. The van der Waals surface area contributed by atoms with Crippen LogP contribution in [0.3, 0.4) is 0 Å². The van der Waals surface area contributed by atoms with Gasteiger partial charge in [-0.15, -0.1) is 0 Å². The number of aliphatic carboxylic acids is 1. The van der Waals surface area contributed by atoms with Crippen molar-refractivity contribution in [1.29, 1.82) is 0 Å². The standard InChI is InChI=1S/C14H16FNO3/c1-8-5-11(12(6-8)14(18)19)13(17)16-10-4-2-3-9(15)7-10/h2-4,7-8,11-12H,5-6H2,1H3,(H,16,17)(H,18,19). The number of amides is 1. The Bertz CT molecular complexity index is 503. The third kappa shape index (κ3) is 3.10. The first-order valence-corrected chi connectivity index (χ1v) is 6.26. The molecule has 1 amide bonds. The predicted molar refractivity (Wildman–Crippen MR) is 68.0 cm³/mol. The van der Waals surface area contributed by atoms with Gasteiger partial charge in [0.2, 0.25) is 5.91 Å². The van der Waals surface area contributed by atoms with E-state index in [1.165, 1.54) is 18.2 Å². The number of anilines is 1. The number of hydrogen-bond donors (Lipinski definition) is 2. The number of carboxylic acids is 1. The number of rotatable bonds is 3. The average molecular weight is 265 g/mol. The third-order valence-electron chi connectivity index (χ3n) is 3.54. The molecule has 1 aromatic rings. The van der Waals surface area contributed by atoms with Crippen LogP contribution in [0.25, 0.3) is 0 Å². The topological polar surface area (TPSA) is 66.4 Å². The normalized spacial score (nSPS) is 26.1. The summed E-state index contributed by atoms with van der Waals surface area (Å²) in [7, 11) is 0. The Labute approximate surface area is 110 Å². The van der Waals surface area contributed by atoms with Crippen LogP contribution in [-0.2, 0) is 9.59 Å². The van der Waals surface area contributed by atoms with E-state index >= 15 is 0 Å². The first-order valence-electron chi connectivity index (χ1n) is 6.26. The molecule has 2 N–H and O–H groups in total. The lowest BCUT2D eigenvalue weighted by Gasteiger charge is -2.15. The zero-order chi connectivity index (χ0) is 14.0. The zero-order valence-electron chi connectivity index (χ0n) is 10.6. The van der Waals surface area contributed by atoms with Crippen molar-refractivity contribution in [2.24, 2.45) is 17.8 Å². The SMILES string of the molecule is CC1CC(C(=O)O)C(C(=O)Nc2cccc(F)c2)C1. The fraction of sp³-hybridized carbons (Fsp3) is 0.429. The Kier molecular flexibility index (Phi) is 3.83. The van der Waals surface area contributed by atoms with E-state index in [0.29, 0.717) is 18.5 Å². The molecule has 0 aliphatic heterocycles.